The van der Waals surface area contributed by atoms with Gasteiger partial charge in [-0.15, -0.1) is 0 Å². The number of hydrogen-bond acceptors (Lipinski definition) is 3. The third-order valence-electron chi connectivity index (χ3n) is 2.43. The van der Waals surface area contributed by atoms with E-state index in [0.29, 0.717) is 0 Å². The van der Waals surface area contributed by atoms with E-state index < -0.39 is 18.9 Å². The maximum absolute atomic E-state index is 11.8. The van der Waals surface area contributed by atoms with Crippen molar-refractivity contribution >= 4 is 17.9 Å². The molecule has 0 bridgehead atoms. The Morgan fingerprint density at radius 1 is 1.50 bits per heavy atom. The number of ether oxygens (including phenoxy) is 1. The fourth-order valence-corrected chi connectivity index (χ4v) is 2.65. The van der Waals surface area contributed by atoms with E-state index in [9.17, 15) is 18.0 Å². The lowest BCUT2D eigenvalue weighted by Gasteiger charge is -2.19. The van der Waals surface area contributed by atoms with Crippen molar-refractivity contribution < 1.29 is 22.7 Å². The van der Waals surface area contributed by atoms with E-state index in [1.54, 1.807) is 11.8 Å². The molecule has 0 aromatic carbocycles. The van der Waals surface area contributed by atoms with Crippen molar-refractivity contribution in [3.05, 3.63) is 0 Å². The van der Waals surface area contributed by atoms with Gasteiger partial charge in [-0.2, -0.15) is 24.9 Å². The average molecular weight is 257 g/mol. The number of alkyl carbamates (subject to hydrolysis) is 1. The standard InChI is InChI=1S/C9H14F3NO2S/c1-16-7-4-2-3-6(7)13-8(14)15-5-9(10,11)12/h6-7H,2-5H2,1H3,(H,13,14). The highest BCUT2D eigenvalue weighted by atomic mass is 32.2. The van der Waals surface area contributed by atoms with Gasteiger partial charge in [0.25, 0.3) is 0 Å². The van der Waals surface area contributed by atoms with Gasteiger partial charge in [0.15, 0.2) is 6.61 Å². The van der Waals surface area contributed by atoms with Crippen LogP contribution in [0.25, 0.3) is 0 Å². The lowest BCUT2D eigenvalue weighted by Crippen LogP contribution is -2.40. The molecular formula is C9H14F3NO2S. The van der Waals surface area contributed by atoms with E-state index in [4.69, 9.17) is 0 Å². The quantitative estimate of drug-likeness (QED) is 0.844. The Labute approximate surface area is 96.1 Å². The minimum absolute atomic E-state index is 0.0734. The summed E-state index contributed by atoms with van der Waals surface area (Å²) in [5, 5.41) is 2.75. The van der Waals surface area contributed by atoms with Gasteiger partial charge in [-0.3, -0.25) is 0 Å². The Morgan fingerprint density at radius 3 is 2.75 bits per heavy atom. The molecule has 1 amide bonds. The second-order valence-corrected chi connectivity index (χ2v) is 4.72. The topological polar surface area (TPSA) is 38.3 Å². The van der Waals surface area contributed by atoms with E-state index in [2.05, 4.69) is 10.1 Å². The summed E-state index contributed by atoms with van der Waals surface area (Å²) in [6, 6.07) is -0.0734. The zero-order chi connectivity index (χ0) is 12.2. The van der Waals surface area contributed by atoms with Crippen LogP contribution >= 0.6 is 11.8 Å². The maximum atomic E-state index is 11.8. The van der Waals surface area contributed by atoms with E-state index in [-0.39, 0.29) is 11.3 Å². The Kier molecular flexibility index (Phi) is 4.76. The molecular weight excluding hydrogens is 243 g/mol. The van der Waals surface area contributed by atoms with Crippen molar-refractivity contribution in [1.29, 1.82) is 0 Å². The van der Waals surface area contributed by atoms with Gasteiger partial charge in [-0.05, 0) is 19.1 Å². The van der Waals surface area contributed by atoms with Crippen LogP contribution in [0.3, 0.4) is 0 Å². The minimum atomic E-state index is -4.47. The summed E-state index contributed by atoms with van der Waals surface area (Å²) < 4.78 is 39.4. The van der Waals surface area contributed by atoms with Gasteiger partial charge in [-0.25, -0.2) is 4.79 Å². The SMILES string of the molecule is CSC1CCCC1NC(=O)OCC(F)(F)F. The largest absolute Gasteiger partial charge is 0.440 e. The molecule has 1 N–H and O–H groups in total. The van der Waals surface area contributed by atoms with Crippen molar-refractivity contribution in [2.75, 3.05) is 12.9 Å². The first-order chi connectivity index (χ1) is 7.42. The van der Waals surface area contributed by atoms with Gasteiger partial charge >= 0.3 is 12.3 Å². The summed E-state index contributed by atoms with van der Waals surface area (Å²) in [5.74, 6) is 0. The number of alkyl halides is 3. The van der Waals surface area contributed by atoms with E-state index in [1.165, 1.54) is 0 Å². The molecule has 0 saturated heterocycles. The molecule has 3 nitrogen and oxygen atoms in total. The number of halogens is 3. The van der Waals surface area contributed by atoms with Crippen LogP contribution in [0.2, 0.25) is 0 Å². The van der Waals surface area contributed by atoms with Gasteiger partial charge in [-0.1, -0.05) is 6.42 Å². The Bertz CT molecular complexity index is 247. The molecule has 0 spiro atoms. The normalized spacial score (nSPS) is 25.5. The molecule has 0 aromatic rings. The van der Waals surface area contributed by atoms with Crippen LogP contribution < -0.4 is 5.32 Å². The number of nitrogens with one attached hydrogen (secondary N) is 1. The van der Waals surface area contributed by atoms with E-state index in [1.807, 2.05) is 6.26 Å². The highest BCUT2D eigenvalue weighted by Gasteiger charge is 2.32. The highest BCUT2D eigenvalue weighted by molar-refractivity contribution is 7.99. The molecule has 0 radical (unpaired) electrons. The molecule has 1 rings (SSSR count). The fourth-order valence-electron chi connectivity index (χ4n) is 1.71. The molecule has 94 valence electrons. The molecule has 0 heterocycles. The molecule has 1 aliphatic carbocycles. The third kappa shape index (κ3) is 4.51. The number of hydrogen-bond donors (Lipinski definition) is 1. The van der Waals surface area contributed by atoms with Gasteiger partial charge in [0.1, 0.15) is 0 Å². The van der Waals surface area contributed by atoms with Gasteiger partial charge in [0, 0.05) is 11.3 Å². The first kappa shape index (κ1) is 13.5. The highest BCUT2D eigenvalue weighted by Crippen LogP contribution is 2.28. The van der Waals surface area contributed by atoms with E-state index in [0.717, 1.165) is 19.3 Å². The number of rotatable bonds is 3. The Balaban J connectivity index is 2.28. The summed E-state index contributed by atoms with van der Waals surface area (Å²) in [6.07, 6.45) is -0.769. The van der Waals surface area contributed by atoms with Crippen LogP contribution in [0, 0.1) is 0 Å². The summed E-state index contributed by atoms with van der Waals surface area (Å²) in [6.45, 7) is -1.53. The zero-order valence-corrected chi connectivity index (χ0v) is 9.66. The predicted molar refractivity (Wildman–Crippen MR) is 55.5 cm³/mol. The number of thioether (sulfide) groups is 1. The van der Waals surface area contributed by atoms with Gasteiger partial charge in [0.2, 0.25) is 0 Å². The molecule has 16 heavy (non-hydrogen) atoms. The average Bonchev–Trinajstić information content (AvgIpc) is 2.61. The minimum Gasteiger partial charge on any atom is -0.440 e. The number of carbonyl (C=O) groups is 1. The summed E-state index contributed by atoms with van der Waals surface area (Å²) in [5.41, 5.74) is 0. The van der Waals surface area contributed by atoms with Crippen LogP contribution in [0.1, 0.15) is 19.3 Å². The Morgan fingerprint density at radius 2 is 2.19 bits per heavy atom. The first-order valence-corrected chi connectivity index (χ1v) is 6.24. The first-order valence-electron chi connectivity index (χ1n) is 4.95. The maximum Gasteiger partial charge on any atom is 0.422 e. The molecule has 0 aliphatic heterocycles. The van der Waals surface area contributed by atoms with Crippen LogP contribution in [0.15, 0.2) is 0 Å². The molecule has 2 unspecified atom stereocenters. The van der Waals surface area contributed by atoms with Crippen molar-refractivity contribution in [1.82, 2.24) is 5.32 Å². The summed E-state index contributed by atoms with van der Waals surface area (Å²) in [7, 11) is 0. The summed E-state index contributed by atoms with van der Waals surface area (Å²) >= 11 is 1.61. The van der Waals surface area contributed by atoms with Crippen molar-refractivity contribution in [3.8, 4) is 0 Å². The van der Waals surface area contributed by atoms with Gasteiger partial charge < -0.3 is 10.1 Å². The fraction of sp³-hybridized carbons (Fsp3) is 0.889. The second kappa shape index (κ2) is 5.65. The van der Waals surface area contributed by atoms with Crippen LogP contribution in [0.4, 0.5) is 18.0 Å². The van der Waals surface area contributed by atoms with Gasteiger partial charge in [0.05, 0.1) is 0 Å². The van der Waals surface area contributed by atoms with Crippen LogP contribution in [-0.2, 0) is 4.74 Å². The van der Waals surface area contributed by atoms with Crippen molar-refractivity contribution in [2.45, 2.75) is 36.7 Å². The lowest BCUT2D eigenvalue weighted by atomic mass is 10.2. The monoisotopic (exact) mass is 257 g/mol. The predicted octanol–water partition coefficient (Wildman–Crippen LogP) is 2.56. The molecule has 1 saturated carbocycles. The van der Waals surface area contributed by atoms with Crippen LogP contribution in [-0.4, -0.2) is 36.4 Å². The number of carbonyl (C=O) groups excluding carboxylic acids is 1. The molecule has 1 fully saturated rings. The Hall–Kier alpha value is -0.590. The summed E-state index contributed by atoms with van der Waals surface area (Å²) in [4.78, 5) is 11.1. The van der Waals surface area contributed by atoms with Crippen molar-refractivity contribution in [2.24, 2.45) is 0 Å². The zero-order valence-electron chi connectivity index (χ0n) is 8.84. The number of amides is 1. The molecule has 0 aromatic heterocycles. The second-order valence-electron chi connectivity index (χ2n) is 3.65. The molecule has 7 heteroatoms. The molecule has 2 atom stereocenters. The van der Waals surface area contributed by atoms with E-state index >= 15 is 0 Å². The van der Waals surface area contributed by atoms with Crippen molar-refractivity contribution in [3.63, 3.8) is 0 Å². The third-order valence-corrected chi connectivity index (χ3v) is 3.60. The van der Waals surface area contributed by atoms with Crippen LogP contribution in [0.5, 0.6) is 0 Å². The smallest absolute Gasteiger partial charge is 0.422 e. The molecule has 1 aliphatic rings. The lowest BCUT2D eigenvalue weighted by molar-refractivity contribution is -0.160.